The number of rotatable bonds is 6. The van der Waals surface area contributed by atoms with Gasteiger partial charge in [0.25, 0.3) is 0 Å². The van der Waals surface area contributed by atoms with Crippen LogP contribution in [-0.2, 0) is 11.2 Å². The molecule has 0 aliphatic rings. The van der Waals surface area contributed by atoms with Crippen molar-refractivity contribution in [2.45, 2.75) is 12.5 Å². The van der Waals surface area contributed by atoms with Crippen molar-refractivity contribution in [3.05, 3.63) is 71.3 Å². The number of nitrogens with one attached hydrogen (secondary N) is 1. The van der Waals surface area contributed by atoms with Crippen LogP contribution < -0.4 is 5.32 Å². The molecule has 2 nitrogen and oxygen atoms in total. The van der Waals surface area contributed by atoms with Crippen molar-refractivity contribution in [3.63, 3.8) is 0 Å². The second-order valence-electron chi connectivity index (χ2n) is 4.62. The van der Waals surface area contributed by atoms with Crippen molar-refractivity contribution in [1.29, 1.82) is 0 Å². The Morgan fingerprint density at radius 3 is 2.16 bits per heavy atom. The molecule has 2 aromatic carbocycles. The van der Waals surface area contributed by atoms with Gasteiger partial charge in [0.15, 0.2) is 0 Å². The van der Waals surface area contributed by atoms with Crippen molar-refractivity contribution in [3.8, 4) is 0 Å². The molecule has 2 rings (SSSR count). The van der Waals surface area contributed by atoms with Gasteiger partial charge in [0.1, 0.15) is 0 Å². The van der Waals surface area contributed by atoms with Gasteiger partial charge in [-0.25, -0.2) is 0 Å². The standard InChI is InChI=1S/C17H21NO/c1-18-17(15-6-4-3-5-7-15)16-10-8-14(9-11-16)12-13-19-2/h3-11,17-18H,12-13H2,1-2H3. The predicted molar refractivity (Wildman–Crippen MR) is 79.4 cm³/mol. The number of hydrogen-bond donors (Lipinski definition) is 1. The molecule has 0 amide bonds. The molecule has 2 heteroatoms. The predicted octanol–water partition coefficient (Wildman–Crippen LogP) is 3.18. The fourth-order valence-electron chi connectivity index (χ4n) is 2.27. The Labute approximate surface area is 115 Å². The molecule has 0 heterocycles. The van der Waals surface area contributed by atoms with Crippen molar-refractivity contribution in [1.82, 2.24) is 5.32 Å². The Morgan fingerprint density at radius 1 is 0.947 bits per heavy atom. The highest BCUT2D eigenvalue weighted by atomic mass is 16.5. The van der Waals surface area contributed by atoms with E-state index in [2.05, 4.69) is 53.8 Å². The van der Waals surface area contributed by atoms with E-state index < -0.39 is 0 Å². The third-order valence-corrected chi connectivity index (χ3v) is 3.33. The first-order valence-electron chi connectivity index (χ1n) is 6.65. The molecule has 0 saturated carbocycles. The molecule has 0 spiro atoms. The highest BCUT2D eigenvalue weighted by molar-refractivity contribution is 5.33. The fraction of sp³-hybridized carbons (Fsp3) is 0.294. The summed E-state index contributed by atoms with van der Waals surface area (Å²) in [7, 11) is 3.73. The van der Waals surface area contributed by atoms with Gasteiger partial charge in [-0.3, -0.25) is 0 Å². The second kappa shape index (κ2) is 7.07. The van der Waals surface area contributed by atoms with Crippen LogP contribution in [0.3, 0.4) is 0 Å². The summed E-state index contributed by atoms with van der Waals surface area (Å²) in [4.78, 5) is 0. The third-order valence-electron chi connectivity index (χ3n) is 3.33. The summed E-state index contributed by atoms with van der Waals surface area (Å²) in [5, 5.41) is 3.37. The summed E-state index contributed by atoms with van der Waals surface area (Å²) < 4.78 is 5.10. The zero-order valence-corrected chi connectivity index (χ0v) is 11.6. The molecule has 0 fully saturated rings. The van der Waals surface area contributed by atoms with Crippen LogP contribution >= 0.6 is 0 Å². The molecular weight excluding hydrogens is 234 g/mol. The van der Waals surface area contributed by atoms with E-state index in [4.69, 9.17) is 4.74 Å². The van der Waals surface area contributed by atoms with Gasteiger partial charge in [-0.2, -0.15) is 0 Å². The van der Waals surface area contributed by atoms with Crippen molar-refractivity contribution in [2.75, 3.05) is 20.8 Å². The molecule has 1 atom stereocenters. The fourth-order valence-corrected chi connectivity index (χ4v) is 2.27. The molecule has 0 aliphatic heterocycles. The van der Waals surface area contributed by atoms with E-state index in [1.54, 1.807) is 7.11 Å². The maximum atomic E-state index is 5.10. The van der Waals surface area contributed by atoms with Gasteiger partial charge in [-0.1, -0.05) is 54.6 Å². The number of ether oxygens (including phenoxy) is 1. The summed E-state index contributed by atoms with van der Waals surface area (Å²) in [6.07, 6.45) is 0.965. The number of hydrogen-bond acceptors (Lipinski definition) is 2. The van der Waals surface area contributed by atoms with E-state index in [0.29, 0.717) is 0 Å². The molecule has 0 radical (unpaired) electrons. The topological polar surface area (TPSA) is 21.3 Å². The highest BCUT2D eigenvalue weighted by Gasteiger charge is 2.10. The summed E-state index contributed by atoms with van der Waals surface area (Å²) in [6, 6.07) is 19.5. The monoisotopic (exact) mass is 255 g/mol. The van der Waals surface area contributed by atoms with Crippen molar-refractivity contribution >= 4 is 0 Å². The normalized spacial score (nSPS) is 12.3. The Morgan fingerprint density at radius 2 is 1.58 bits per heavy atom. The number of benzene rings is 2. The maximum absolute atomic E-state index is 5.10. The van der Waals surface area contributed by atoms with Crippen LogP contribution in [-0.4, -0.2) is 20.8 Å². The van der Waals surface area contributed by atoms with Gasteiger partial charge in [-0.05, 0) is 30.2 Å². The molecule has 19 heavy (non-hydrogen) atoms. The first kappa shape index (κ1) is 13.8. The van der Waals surface area contributed by atoms with Crippen molar-refractivity contribution < 1.29 is 4.74 Å². The van der Waals surface area contributed by atoms with Gasteiger partial charge in [-0.15, -0.1) is 0 Å². The Kier molecular flexibility index (Phi) is 5.13. The molecule has 0 aliphatic carbocycles. The Bertz CT molecular complexity index is 478. The first-order valence-corrected chi connectivity index (χ1v) is 6.65. The molecule has 0 saturated heterocycles. The van der Waals surface area contributed by atoms with Crippen LogP contribution in [0, 0.1) is 0 Å². The molecular formula is C17H21NO. The van der Waals surface area contributed by atoms with Crippen LogP contribution in [0.2, 0.25) is 0 Å². The quantitative estimate of drug-likeness (QED) is 0.856. The minimum atomic E-state index is 0.248. The average Bonchev–Trinajstić information content (AvgIpc) is 2.48. The molecule has 0 bridgehead atoms. The molecule has 1 unspecified atom stereocenters. The third kappa shape index (κ3) is 3.66. The molecule has 1 N–H and O–H groups in total. The number of methoxy groups -OCH3 is 1. The van der Waals surface area contributed by atoms with Gasteiger partial charge in [0.05, 0.1) is 12.6 Å². The van der Waals surface area contributed by atoms with E-state index >= 15 is 0 Å². The van der Waals surface area contributed by atoms with E-state index in [1.165, 1.54) is 16.7 Å². The lowest BCUT2D eigenvalue weighted by molar-refractivity contribution is 0.202. The summed E-state index contributed by atoms with van der Waals surface area (Å²) in [6.45, 7) is 0.771. The first-order chi connectivity index (χ1) is 9.35. The lowest BCUT2D eigenvalue weighted by Gasteiger charge is -2.17. The van der Waals surface area contributed by atoms with Crippen molar-refractivity contribution in [2.24, 2.45) is 0 Å². The zero-order valence-electron chi connectivity index (χ0n) is 11.6. The van der Waals surface area contributed by atoms with Crippen LogP contribution in [0.4, 0.5) is 0 Å². The average molecular weight is 255 g/mol. The van der Waals surface area contributed by atoms with E-state index in [-0.39, 0.29) is 6.04 Å². The molecule has 100 valence electrons. The van der Waals surface area contributed by atoms with Gasteiger partial charge < -0.3 is 10.1 Å². The largest absolute Gasteiger partial charge is 0.384 e. The van der Waals surface area contributed by atoms with Crippen LogP contribution in [0.5, 0.6) is 0 Å². The summed E-state index contributed by atoms with van der Waals surface area (Å²) >= 11 is 0. The van der Waals surface area contributed by atoms with E-state index in [0.717, 1.165) is 13.0 Å². The van der Waals surface area contributed by atoms with Gasteiger partial charge in [0, 0.05) is 7.11 Å². The second-order valence-corrected chi connectivity index (χ2v) is 4.62. The Hall–Kier alpha value is -1.64. The summed E-state index contributed by atoms with van der Waals surface area (Å²) in [5.74, 6) is 0. The Balaban J connectivity index is 2.15. The summed E-state index contributed by atoms with van der Waals surface area (Å²) in [5.41, 5.74) is 3.89. The van der Waals surface area contributed by atoms with Crippen LogP contribution in [0.1, 0.15) is 22.7 Å². The zero-order chi connectivity index (χ0) is 13.5. The lowest BCUT2D eigenvalue weighted by Crippen LogP contribution is -2.17. The lowest BCUT2D eigenvalue weighted by atomic mass is 9.97. The minimum Gasteiger partial charge on any atom is -0.384 e. The highest BCUT2D eigenvalue weighted by Crippen LogP contribution is 2.21. The van der Waals surface area contributed by atoms with Gasteiger partial charge >= 0.3 is 0 Å². The van der Waals surface area contributed by atoms with Gasteiger partial charge in [0.2, 0.25) is 0 Å². The maximum Gasteiger partial charge on any atom is 0.0574 e. The minimum absolute atomic E-state index is 0.248. The molecule has 0 aromatic heterocycles. The van der Waals surface area contributed by atoms with Crippen LogP contribution in [0.25, 0.3) is 0 Å². The van der Waals surface area contributed by atoms with Crippen LogP contribution in [0.15, 0.2) is 54.6 Å². The smallest absolute Gasteiger partial charge is 0.0574 e. The SMILES string of the molecule is CNC(c1ccccc1)c1ccc(CCOC)cc1. The van der Waals surface area contributed by atoms with E-state index in [9.17, 15) is 0 Å². The molecule has 2 aromatic rings. The van der Waals surface area contributed by atoms with E-state index in [1.807, 2.05) is 13.1 Å².